The van der Waals surface area contributed by atoms with E-state index in [-0.39, 0.29) is 11.9 Å². The van der Waals surface area contributed by atoms with E-state index in [2.05, 4.69) is 33.1 Å². The summed E-state index contributed by atoms with van der Waals surface area (Å²) in [5, 5.41) is 0. The molecular formula is C22H28N4O2. The minimum Gasteiger partial charge on any atom is -0.493 e. The highest BCUT2D eigenvalue weighted by atomic mass is 16.5. The zero-order chi connectivity index (χ0) is 19.3. The average Bonchev–Trinajstić information content (AvgIpc) is 3.05. The van der Waals surface area contributed by atoms with Crippen LogP contribution < -0.4 is 4.74 Å². The molecule has 1 saturated heterocycles. The fraction of sp³-hybridized carbons (Fsp3) is 0.500. The fourth-order valence-corrected chi connectivity index (χ4v) is 4.31. The lowest BCUT2D eigenvalue weighted by atomic mass is 10.1. The summed E-state index contributed by atoms with van der Waals surface area (Å²) < 4.78 is 5.62. The van der Waals surface area contributed by atoms with E-state index in [4.69, 9.17) is 4.74 Å². The maximum absolute atomic E-state index is 12.3. The van der Waals surface area contributed by atoms with Crippen LogP contribution >= 0.6 is 0 Å². The Morgan fingerprint density at radius 3 is 2.89 bits per heavy atom. The summed E-state index contributed by atoms with van der Waals surface area (Å²) in [6.07, 6.45) is 9.28. The molecular weight excluding hydrogens is 352 g/mol. The highest BCUT2D eigenvalue weighted by molar-refractivity contribution is 5.73. The summed E-state index contributed by atoms with van der Waals surface area (Å²) in [5.41, 5.74) is 3.67. The Morgan fingerprint density at radius 1 is 1.21 bits per heavy atom. The third-order valence-corrected chi connectivity index (χ3v) is 5.76. The maximum Gasteiger partial charge on any atom is 0.219 e. The molecule has 4 rings (SSSR count). The number of ether oxygens (including phenoxy) is 1. The number of amides is 1. The highest BCUT2D eigenvalue weighted by Gasteiger charge is 2.25. The predicted octanol–water partition coefficient (Wildman–Crippen LogP) is 2.81. The number of hydrogen-bond acceptors (Lipinski definition) is 5. The average molecular weight is 380 g/mol. The van der Waals surface area contributed by atoms with E-state index in [1.54, 1.807) is 19.3 Å². The third-order valence-electron chi connectivity index (χ3n) is 5.76. The lowest BCUT2D eigenvalue weighted by Gasteiger charge is -2.30. The number of carbonyl (C=O) groups excluding carboxylic acids is 1. The molecule has 0 saturated carbocycles. The lowest BCUT2D eigenvalue weighted by Crippen LogP contribution is -2.39. The maximum atomic E-state index is 12.3. The molecule has 3 heterocycles. The van der Waals surface area contributed by atoms with Gasteiger partial charge in [-0.15, -0.1) is 0 Å². The standard InChI is InChI=1S/C22H28N4O2/c1-17(27)26(15-19-12-23-16-24-13-19)21-3-2-8-25(9-6-21)14-18-4-5-22-20(11-18)7-10-28-22/h4-5,11-13,16,21H,2-3,6-10,14-15H2,1H3. The van der Waals surface area contributed by atoms with Crippen molar-refractivity contribution in [3.8, 4) is 5.75 Å². The van der Waals surface area contributed by atoms with Crippen LogP contribution in [0, 0.1) is 0 Å². The molecule has 1 atom stereocenters. The minimum atomic E-state index is 0.126. The summed E-state index contributed by atoms with van der Waals surface area (Å²) >= 11 is 0. The molecule has 2 aliphatic heterocycles. The SMILES string of the molecule is CC(=O)N(Cc1cncnc1)C1CCCN(Cc2ccc3c(c2)CCO3)CC1. The summed E-state index contributed by atoms with van der Waals surface area (Å²) in [5.74, 6) is 1.17. The molecule has 1 aromatic carbocycles. The second kappa shape index (κ2) is 8.69. The zero-order valence-corrected chi connectivity index (χ0v) is 16.5. The van der Waals surface area contributed by atoms with Gasteiger partial charge in [-0.2, -0.15) is 0 Å². The molecule has 0 spiro atoms. The zero-order valence-electron chi connectivity index (χ0n) is 16.5. The number of likely N-dealkylation sites (tertiary alicyclic amines) is 1. The number of carbonyl (C=O) groups is 1. The second-order valence-electron chi connectivity index (χ2n) is 7.80. The number of rotatable bonds is 5. The van der Waals surface area contributed by atoms with Crippen LogP contribution in [-0.2, 0) is 24.3 Å². The molecule has 0 aliphatic carbocycles. The van der Waals surface area contributed by atoms with Gasteiger partial charge in [-0.3, -0.25) is 9.69 Å². The van der Waals surface area contributed by atoms with Gasteiger partial charge in [0.15, 0.2) is 0 Å². The summed E-state index contributed by atoms with van der Waals surface area (Å²) in [7, 11) is 0. The van der Waals surface area contributed by atoms with E-state index in [1.165, 1.54) is 17.5 Å². The molecule has 148 valence electrons. The first-order chi connectivity index (χ1) is 13.7. The fourth-order valence-electron chi connectivity index (χ4n) is 4.31. The molecule has 1 unspecified atom stereocenters. The summed E-state index contributed by atoms with van der Waals surface area (Å²) in [4.78, 5) is 25.0. The Kier molecular flexibility index (Phi) is 5.86. The molecule has 1 aromatic heterocycles. The Morgan fingerprint density at radius 2 is 2.07 bits per heavy atom. The van der Waals surface area contributed by atoms with Crippen molar-refractivity contribution in [2.75, 3.05) is 19.7 Å². The minimum absolute atomic E-state index is 0.126. The van der Waals surface area contributed by atoms with Crippen LogP contribution in [0.4, 0.5) is 0 Å². The van der Waals surface area contributed by atoms with Crippen molar-refractivity contribution in [2.24, 2.45) is 0 Å². The Bertz CT molecular complexity index is 811. The Labute approximate surface area is 166 Å². The molecule has 6 nitrogen and oxygen atoms in total. The normalized spacial score (nSPS) is 19.5. The van der Waals surface area contributed by atoms with Crippen molar-refractivity contribution in [2.45, 2.75) is 51.7 Å². The van der Waals surface area contributed by atoms with Gasteiger partial charge >= 0.3 is 0 Å². The van der Waals surface area contributed by atoms with Crippen LogP contribution in [0.5, 0.6) is 5.75 Å². The van der Waals surface area contributed by atoms with Crippen LogP contribution in [-0.4, -0.2) is 51.4 Å². The smallest absolute Gasteiger partial charge is 0.219 e. The molecule has 6 heteroatoms. The van der Waals surface area contributed by atoms with Gasteiger partial charge in [0.05, 0.1) is 6.61 Å². The molecule has 0 N–H and O–H groups in total. The van der Waals surface area contributed by atoms with Gasteiger partial charge in [0.1, 0.15) is 12.1 Å². The Hall–Kier alpha value is -2.47. The van der Waals surface area contributed by atoms with Gasteiger partial charge in [-0.1, -0.05) is 12.1 Å². The summed E-state index contributed by atoms with van der Waals surface area (Å²) in [6.45, 7) is 6.10. The number of benzene rings is 1. The number of aromatic nitrogens is 2. The number of fused-ring (bicyclic) bond motifs is 1. The molecule has 0 bridgehead atoms. The van der Waals surface area contributed by atoms with Gasteiger partial charge in [0.2, 0.25) is 5.91 Å². The largest absolute Gasteiger partial charge is 0.493 e. The van der Waals surface area contributed by atoms with Crippen LogP contribution in [0.1, 0.15) is 42.9 Å². The van der Waals surface area contributed by atoms with E-state index in [9.17, 15) is 4.79 Å². The van der Waals surface area contributed by atoms with E-state index in [1.807, 2.05) is 4.90 Å². The van der Waals surface area contributed by atoms with E-state index < -0.39 is 0 Å². The first kappa shape index (κ1) is 18.9. The van der Waals surface area contributed by atoms with Gasteiger partial charge in [-0.25, -0.2) is 9.97 Å². The van der Waals surface area contributed by atoms with Gasteiger partial charge in [-0.05, 0) is 43.0 Å². The van der Waals surface area contributed by atoms with Crippen LogP contribution in [0.15, 0.2) is 36.9 Å². The van der Waals surface area contributed by atoms with Crippen molar-refractivity contribution in [1.82, 2.24) is 19.8 Å². The van der Waals surface area contributed by atoms with Crippen molar-refractivity contribution in [3.05, 3.63) is 53.6 Å². The molecule has 2 aromatic rings. The molecule has 1 fully saturated rings. The van der Waals surface area contributed by atoms with E-state index in [0.717, 1.165) is 63.2 Å². The van der Waals surface area contributed by atoms with Gasteiger partial charge in [0, 0.05) is 57.0 Å². The number of nitrogens with zero attached hydrogens (tertiary/aromatic N) is 4. The topological polar surface area (TPSA) is 58.6 Å². The molecule has 28 heavy (non-hydrogen) atoms. The lowest BCUT2D eigenvalue weighted by molar-refractivity contribution is -0.132. The first-order valence-electron chi connectivity index (χ1n) is 10.2. The summed E-state index contributed by atoms with van der Waals surface area (Å²) in [6, 6.07) is 6.86. The van der Waals surface area contributed by atoms with Crippen LogP contribution in [0.25, 0.3) is 0 Å². The van der Waals surface area contributed by atoms with Crippen molar-refractivity contribution < 1.29 is 9.53 Å². The Balaban J connectivity index is 1.37. The van der Waals surface area contributed by atoms with Crippen molar-refractivity contribution in [3.63, 3.8) is 0 Å². The number of hydrogen-bond donors (Lipinski definition) is 0. The molecule has 0 radical (unpaired) electrons. The quantitative estimate of drug-likeness (QED) is 0.798. The molecule has 2 aliphatic rings. The van der Waals surface area contributed by atoms with Crippen molar-refractivity contribution >= 4 is 5.91 Å². The van der Waals surface area contributed by atoms with E-state index >= 15 is 0 Å². The van der Waals surface area contributed by atoms with Crippen LogP contribution in [0.2, 0.25) is 0 Å². The molecule has 1 amide bonds. The second-order valence-corrected chi connectivity index (χ2v) is 7.80. The highest BCUT2D eigenvalue weighted by Crippen LogP contribution is 2.27. The van der Waals surface area contributed by atoms with Gasteiger partial charge in [0.25, 0.3) is 0 Å². The van der Waals surface area contributed by atoms with Crippen molar-refractivity contribution in [1.29, 1.82) is 0 Å². The first-order valence-corrected chi connectivity index (χ1v) is 10.2. The predicted molar refractivity (Wildman–Crippen MR) is 107 cm³/mol. The van der Waals surface area contributed by atoms with E-state index in [0.29, 0.717) is 6.54 Å². The van der Waals surface area contributed by atoms with Crippen LogP contribution in [0.3, 0.4) is 0 Å². The monoisotopic (exact) mass is 380 g/mol. The van der Waals surface area contributed by atoms with Gasteiger partial charge < -0.3 is 9.64 Å². The third kappa shape index (κ3) is 4.50.